The van der Waals surface area contributed by atoms with Crippen LogP contribution in [0.5, 0.6) is 5.75 Å². The highest BCUT2D eigenvalue weighted by Gasteiger charge is 2.34. The summed E-state index contributed by atoms with van der Waals surface area (Å²) in [5, 5.41) is 3.46. The fraction of sp³-hybridized carbons (Fsp3) is 0.375. The van der Waals surface area contributed by atoms with Crippen molar-refractivity contribution in [1.82, 2.24) is 10.2 Å². The van der Waals surface area contributed by atoms with Crippen molar-refractivity contribution in [2.75, 3.05) is 24.5 Å². The van der Waals surface area contributed by atoms with Gasteiger partial charge in [-0.1, -0.05) is 67.8 Å². The number of carbonyl (C=O) groups is 2. The fourth-order valence-electron chi connectivity index (χ4n) is 5.30. The first kappa shape index (κ1) is 31.4. The first-order valence-corrected chi connectivity index (χ1v) is 16.1. The number of nitrogens with zero attached hydrogens (tertiary/aromatic N) is 2. The zero-order valence-electron chi connectivity index (χ0n) is 24.0. The molecule has 1 aliphatic carbocycles. The summed E-state index contributed by atoms with van der Waals surface area (Å²) in [6, 6.07) is 21.4. The van der Waals surface area contributed by atoms with Crippen molar-refractivity contribution in [3.8, 4) is 5.75 Å². The maximum atomic E-state index is 14.1. The molecule has 1 unspecified atom stereocenters. The number of nitrogens with one attached hydrogen (secondary N) is 1. The smallest absolute Gasteiger partial charge is 0.264 e. The second kappa shape index (κ2) is 14.6. The SMILES string of the molecule is CCC(C(=O)NC1CCCC1)N(CCc1ccccc1)C(=O)CN(c1cccc(Cl)c1)S(=O)(=O)c1ccc(OC)cc1. The van der Waals surface area contributed by atoms with E-state index in [0.717, 1.165) is 35.6 Å². The molecule has 1 aliphatic rings. The highest BCUT2D eigenvalue weighted by molar-refractivity contribution is 7.92. The molecule has 0 bridgehead atoms. The van der Waals surface area contributed by atoms with Gasteiger partial charge in [0, 0.05) is 17.6 Å². The van der Waals surface area contributed by atoms with E-state index in [-0.39, 0.29) is 29.1 Å². The monoisotopic (exact) mass is 611 g/mol. The van der Waals surface area contributed by atoms with Gasteiger partial charge in [0.2, 0.25) is 11.8 Å². The van der Waals surface area contributed by atoms with Crippen LogP contribution < -0.4 is 14.4 Å². The lowest BCUT2D eigenvalue weighted by Crippen LogP contribution is -2.54. The van der Waals surface area contributed by atoms with Gasteiger partial charge in [-0.3, -0.25) is 13.9 Å². The first-order chi connectivity index (χ1) is 20.2. The molecule has 3 aromatic carbocycles. The summed E-state index contributed by atoms with van der Waals surface area (Å²) in [5.41, 5.74) is 1.26. The van der Waals surface area contributed by atoms with E-state index in [1.54, 1.807) is 30.3 Å². The first-order valence-electron chi connectivity index (χ1n) is 14.3. The standard InChI is InChI=1S/C32H38ClN3O5S/c1-3-30(32(38)34-26-13-7-8-14-26)35(21-20-24-10-5-4-6-11-24)31(37)23-36(27-15-9-12-25(33)22-27)42(39,40)29-18-16-28(41-2)17-19-29/h4-6,9-12,15-19,22,26,30H,3,7-8,13-14,20-21,23H2,1-2H3,(H,34,38). The Bertz CT molecular complexity index is 1440. The molecule has 0 heterocycles. The molecule has 0 saturated heterocycles. The maximum absolute atomic E-state index is 14.1. The number of anilines is 1. The zero-order chi connectivity index (χ0) is 30.1. The predicted octanol–water partition coefficient (Wildman–Crippen LogP) is 5.45. The van der Waals surface area contributed by atoms with Crippen molar-refractivity contribution in [3.63, 3.8) is 0 Å². The van der Waals surface area contributed by atoms with E-state index >= 15 is 0 Å². The molecule has 42 heavy (non-hydrogen) atoms. The van der Waals surface area contributed by atoms with E-state index in [4.69, 9.17) is 16.3 Å². The third-order valence-corrected chi connectivity index (χ3v) is 9.62. The van der Waals surface area contributed by atoms with E-state index in [1.807, 2.05) is 37.3 Å². The number of rotatable bonds is 13. The number of methoxy groups -OCH3 is 1. The molecular weight excluding hydrogens is 574 g/mol. The van der Waals surface area contributed by atoms with Crippen LogP contribution in [0, 0.1) is 0 Å². The van der Waals surface area contributed by atoms with Crippen molar-refractivity contribution >= 4 is 39.1 Å². The Kier molecular flexibility index (Phi) is 10.9. The fourth-order valence-corrected chi connectivity index (χ4v) is 6.89. The van der Waals surface area contributed by atoms with Crippen LogP contribution in [-0.4, -0.2) is 57.4 Å². The van der Waals surface area contributed by atoms with Crippen molar-refractivity contribution in [3.05, 3.63) is 89.4 Å². The molecular formula is C32H38ClN3O5S. The maximum Gasteiger partial charge on any atom is 0.264 e. The van der Waals surface area contributed by atoms with Gasteiger partial charge in [0.1, 0.15) is 18.3 Å². The van der Waals surface area contributed by atoms with Crippen LogP contribution >= 0.6 is 11.6 Å². The molecule has 0 spiro atoms. The van der Waals surface area contributed by atoms with E-state index < -0.39 is 28.5 Å². The Balaban J connectivity index is 1.67. The van der Waals surface area contributed by atoms with Gasteiger partial charge in [-0.15, -0.1) is 0 Å². The van der Waals surface area contributed by atoms with Crippen LogP contribution in [0.3, 0.4) is 0 Å². The number of sulfonamides is 1. The minimum Gasteiger partial charge on any atom is -0.497 e. The summed E-state index contributed by atoms with van der Waals surface area (Å²) in [5.74, 6) is -0.181. The van der Waals surface area contributed by atoms with E-state index in [2.05, 4.69) is 5.32 Å². The van der Waals surface area contributed by atoms with Gasteiger partial charge >= 0.3 is 0 Å². The average molecular weight is 612 g/mol. The second-order valence-electron chi connectivity index (χ2n) is 10.4. The molecule has 8 nitrogen and oxygen atoms in total. The molecule has 224 valence electrons. The number of hydrogen-bond donors (Lipinski definition) is 1. The third-order valence-electron chi connectivity index (χ3n) is 7.59. The van der Waals surface area contributed by atoms with Crippen LogP contribution in [0.15, 0.2) is 83.8 Å². The predicted molar refractivity (Wildman–Crippen MR) is 165 cm³/mol. The number of halogens is 1. The van der Waals surface area contributed by atoms with Crippen molar-refractivity contribution in [2.45, 2.75) is 62.4 Å². The zero-order valence-corrected chi connectivity index (χ0v) is 25.6. The molecule has 10 heteroatoms. The molecule has 2 amide bonds. The highest BCUT2D eigenvalue weighted by Crippen LogP contribution is 2.28. The quantitative estimate of drug-likeness (QED) is 0.277. The Labute approximate surface area is 253 Å². The summed E-state index contributed by atoms with van der Waals surface area (Å²) < 4.78 is 34.2. The highest BCUT2D eigenvalue weighted by atomic mass is 35.5. The van der Waals surface area contributed by atoms with Crippen LogP contribution in [0.2, 0.25) is 5.02 Å². The lowest BCUT2D eigenvalue weighted by Gasteiger charge is -2.33. The molecule has 0 aliphatic heterocycles. The van der Waals surface area contributed by atoms with Crippen LogP contribution in [0.1, 0.15) is 44.6 Å². The minimum absolute atomic E-state index is 0.00192. The summed E-state index contributed by atoms with van der Waals surface area (Å²) in [7, 11) is -2.69. The molecule has 1 saturated carbocycles. The number of ether oxygens (including phenoxy) is 1. The van der Waals surface area contributed by atoms with Gasteiger partial charge in [-0.25, -0.2) is 8.42 Å². The summed E-state index contributed by atoms with van der Waals surface area (Å²) in [4.78, 5) is 29.2. The van der Waals surface area contributed by atoms with Crippen molar-refractivity contribution in [2.24, 2.45) is 0 Å². The average Bonchev–Trinajstić information content (AvgIpc) is 3.51. The molecule has 1 fully saturated rings. The molecule has 1 N–H and O–H groups in total. The number of benzene rings is 3. The van der Waals surface area contributed by atoms with Gasteiger partial charge in [0.25, 0.3) is 10.0 Å². The Morgan fingerprint density at radius 3 is 2.31 bits per heavy atom. The Morgan fingerprint density at radius 1 is 1.00 bits per heavy atom. The molecule has 0 radical (unpaired) electrons. The van der Waals surface area contributed by atoms with E-state index in [9.17, 15) is 18.0 Å². The van der Waals surface area contributed by atoms with Crippen molar-refractivity contribution < 1.29 is 22.7 Å². The number of hydrogen-bond acceptors (Lipinski definition) is 5. The summed E-state index contributed by atoms with van der Waals surface area (Å²) in [6.45, 7) is 1.62. The van der Waals surface area contributed by atoms with Crippen LogP contribution in [0.4, 0.5) is 5.69 Å². The summed E-state index contributed by atoms with van der Waals surface area (Å²) >= 11 is 6.25. The normalized spacial score (nSPS) is 14.3. The summed E-state index contributed by atoms with van der Waals surface area (Å²) in [6.07, 6.45) is 4.88. The van der Waals surface area contributed by atoms with Gasteiger partial charge in [0.05, 0.1) is 17.7 Å². The molecule has 0 aromatic heterocycles. The van der Waals surface area contributed by atoms with Crippen LogP contribution in [0.25, 0.3) is 0 Å². The van der Waals surface area contributed by atoms with Crippen LogP contribution in [-0.2, 0) is 26.0 Å². The second-order valence-corrected chi connectivity index (χ2v) is 12.7. The minimum atomic E-state index is -4.19. The van der Waals surface area contributed by atoms with Gasteiger partial charge < -0.3 is 15.0 Å². The lowest BCUT2D eigenvalue weighted by atomic mass is 10.1. The molecule has 4 rings (SSSR count). The topological polar surface area (TPSA) is 96.0 Å². The third kappa shape index (κ3) is 7.83. The lowest BCUT2D eigenvalue weighted by molar-refractivity contribution is -0.139. The van der Waals surface area contributed by atoms with Gasteiger partial charge in [0.15, 0.2) is 0 Å². The van der Waals surface area contributed by atoms with Gasteiger partial charge in [-0.05, 0) is 73.7 Å². The van der Waals surface area contributed by atoms with Gasteiger partial charge in [-0.2, -0.15) is 0 Å². The molecule has 1 atom stereocenters. The number of carbonyl (C=O) groups excluding carboxylic acids is 2. The Hall–Kier alpha value is -3.56. The van der Waals surface area contributed by atoms with E-state index in [0.29, 0.717) is 23.6 Å². The largest absolute Gasteiger partial charge is 0.497 e. The number of amides is 2. The van der Waals surface area contributed by atoms with Crippen molar-refractivity contribution in [1.29, 1.82) is 0 Å². The molecule has 3 aromatic rings. The van der Waals surface area contributed by atoms with E-state index in [1.165, 1.54) is 30.2 Å². The Morgan fingerprint density at radius 2 is 1.69 bits per heavy atom.